The van der Waals surface area contributed by atoms with Gasteiger partial charge >= 0.3 is 0 Å². The van der Waals surface area contributed by atoms with Crippen LogP contribution >= 0.6 is 15.9 Å². The smallest absolute Gasteiger partial charge is 0.230 e. The van der Waals surface area contributed by atoms with Crippen molar-refractivity contribution in [3.63, 3.8) is 0 Å². The number of phenolic OH excluding ortho intramolecular Hbond substituents is 1. The number of imidazole rings is 1. The van der Waals surface area contributed by atoms with E-state index in [1.54, 1.807) is 12.3 Å². The number of phenols is 1. The van der Waals surface area contributed by atoms with E-state index in [0.717, 1.165) is 21.1 Å². The first-order valence-electron chi connectivity index (χ1n) is 6.50. The minimum Gasteiger partial charge on any atom is -0.507 e. The molecule has 0 aliphatic rings. The zero-order chi connectivity index (χ0) is 15.0. The number of aliphatic imine (C=N–C) groups is 1. The lowest BCUT2D eigenvalue weighted by Crippen LogP contribution is -1.88. The second-order valence-electron chi connectivity index (χ2n) is 4.92. The molecule has 4 nitrogen and oxygen atoms in total. The van der Waals surface area contributed by atoms with Crippen molar-refractivity contribution in [2.45, 2.75) is 6.92 Å². The van der Waals surface area contributed by atoms with Crippen molar-refractivity contribution in [2.24, 2.45) is 12.0 Å². The van der Waals surface area contributed by atoms with Crippen molar-refractivity contribution in [1.29, 1.82) is 0 Å². The number of nitrogens with zero attached hydrogens (tertiary/aromatic N) is 3. The van der Waals surface area contributed by atoms with Gasteiger partial charge in [-0.1, -0.05) is 27.6 Å². The second kappa shape index (κ2) is 5.33. The van der Waals surface area contributed by atoms with Crippen LogP contribution in [0.25, 0.3) is 11.0 Å². The Morgan fingerprint density at radius 2 is 2.05 bits per heavy atom. The van der Waals surface area contributed by atoms with Crippen molar-refractivity contribution in [3.05, 3.63) is 52.0 Å². The first-order valence-corrected chi connectivity index (χ1v) is 7.29. The van der Waals surface area contributed by atoms with E-state index in [1.165, 1.54) is 0 Å². The molecule has 0 radical (unpaired) electrons. The molecule has 0 saturated carbocycles. The summed E-state index contributed by atoms with van der Waals surface area (Å²) in [5.41, 5.74) is 3.65. The Morgan fingerprint density at radius 1 is 1.24 bits per heavy atom. The zero-order valence-corrected chi connectivity index (χ0v) is 13.3. The minimum absolute atomic E-state index is 0.214. The SMILES string of the molecule is Cc1ccc(O)c(C=Nc2nc3ccc(Br)cc3n2C)c1. The van der Waals surface area contributed by atoms with Crippen LogP contribution in [0.4, 0.5) is 5.95 Å². The molecule has 0 bridgehead atoms. The van der Waals surface area contributed by atoms with Crippen molar-refractivity contribution in [2.75, 3.05) is 0 Å². The van der Waals surface area contributed by atoms with E-state index in [4.69, 9.17) is 0 Å². The summed E-state index contributed by atoms with van der Waals surface area (Å²) in [6.45, 7) is 1.98. The Balaban J connectivity index is 2.03. The third-order valence-electron chi connectivity index (χ3n) is 3.32. The molecule has 0 amide bonds. The molecule has 2 aromatic carbocycles. The van der Waals surface area contributed by atoms with Crippen LogP contribution in [0.15, 0.2) is 45.9 Å². The van der Waals surface area contributed by atoms with E-state index < -0.39 is 0 Å². The van der Waals surface area contributed by atoms with E-state index in [-0.39, 0.29) is 5.75 Å². The number of hydrogen-bond acceptors (Lipinski definition) is 3. The number of aromatic hydroxyl groups is 1. The highest BCUT2D eigenvalue weighted by Gasteiger charge is 2.07. The first kappa shape index (κ1) is 13.8. The average Bonchev–Trinajstić information content (AvgIpc) is 2.76. The maximum atomic E-state index is 9.83. The molecular weight excluding hydrogens is 330 g/mol. The number of rotatable bonds is 2. The van der Waals surface area contributed by atoms with E-state index in [0.29, 0.717) is 11.5 Å². The third kappa shape index (κ3) is 2.69. The van der Waals surface area contributed by atoms with Gasteiger partial charge in [0.15, 0.2) is 0 Å². The molecule has 0 unspecified atom stereocenters. The van der Waals surface area contributed by atoms with E-state index in [2.05, 4.69) is 25.9 Å². The van der Waals surface area contributed by atoms with Crippen molar-refractivity contribution >= 4 is 39.1 Å². The maximum absolute atomic E-state index is 9.83. The lowest BCUT2D eigenvalue weighted by atomic mass is 10.1. The predicted molar refractivity (Wildman–Crippen MR) is 88.5 cm³/mol. The lowest BCUT2D eigenvalue weighted by molar-refractivity contribution is 0.474. The molecule has 0 fully saturated rings. The predicted octanol–water partition coefficient (Wildman–Crippen LogP) is 4.10. The summed E-state index contributed by atoms with van der Waals surface area (Å²) in [6.07, 6.45) is 1.64. The number of aromatic nitrogens is 2. The fourth-order valence-corrected chi connectivity index (χ4v) is 2.52. The van der Waals surface area contributed by atoms with E-state index >= 15 is 0 Å². The van der Waals surface area contributed by atoms with Crippen LogP contribution < -0.4 is 0 Å². The van der Waals surface area contributed by atoms with Gasteiger partial charge in [-0.15, -0.1) is 0 Å². The van der Waals surface area contributed by atoms with Crippen LogP contribution in [-0.2, 0) is 7.05 Å². The number of fused-ring (bicyclic) bond motifs is 1. The monoisotopic (exact) mass is 343 g/mol. The van der Waals surface area contributed by atoms with Gasteiger partial charge in [-0.05, 0) is 37.3 Å². The van der Waals surface area contributed by atoms with Crippen LogP contribution in [-0.4, -0.2) is 20.9 Å². The highest BCUT2D eigenvalue weighted by atomic mass is 79.9. The average molecular weight is 344 g/mol. The summed E-state index contributed by atoms with van der Waals surface area (Å²) < 4.78 is 2.92. The molecule has 0 atom stereocenters. The summed E-state index contributed by atoms with van der Waals surface area (Å²) in [6, 6.07) is 11.3. The molecule has 0 spiro atoms. The quantitative estimate of drug-likeness (QED) is 0.712. The molecule has 21 heavy (non-hydrogen) atoms. The molecule has 0 aliphatic heterocycles. The standard InChI is InChI=1S/C16H14BrN3O/c1-10-3-6-15(21)11(7-10)9-18-16-19-13-5-4-12(17)8-14(13)20(16)2/h3-9,21H,1-2H3. The van der Waals surface area contributed by atoms with Gasteiger partial charge < -0.3 is 9.67 Å². The molecule has 0 saturated heterocycles. The fraction of sp³-hybridized carbons (Fsp3) is 0.125. The van der Waals surface area contributed by atoms with Gasteiger partial charge in [0.1, 0.15) is 5.75 Å². The van der Waals surface area contributed by atoms with Gasteiger partial charge in [-0.25, -0.2) is 9.98 Å². The summed E-state index contributed by atoms with van der Waals surface area (Å²) in [5, 5.41) is 9.83. The third-order valence-corrected chi connectivity index (χ3v) is 3.81. The van der Waals surface area contributed by atoms with Crippen LogP contribution in [0.2, 0.25) is 0 Å². The lowest BCUT2D eigenvalue weighted by Gasteiger charge is -2.00. The number of benzene rings is 2. The highest BCUT2D eigenvalue weighted by Crippen LogP contribution is 2.24. The molecule has 0 aliphatic carbocycles. The molecule has 1 heterocycles. The second-order valence-corrected chi connectivity index (χ2v) is 5.84. The molecule has 1 aromatic heterocycles. The van der Waals surface area contributed by atoms with Crippen molar-refractivity contribution < 1.29 is 5.11 Å². The van der Waals surface area contributed by atoms with Gasteiger partial charge in [0.25, 0.3) is 0 Å². The first-order chi connectivity index (χ1) is 10.0. The normalized spacial score (nSPS) is 11.6. The highest BCUT2D eigenvalue weighted by molar-refractivity contribution is 9.10. The summed E-state index contributed by atoms with van der Waals surface area (Å²) >= 11 is 3.46. The molecule has 5 heteroatoms. The minimum atomic E-state index is 0.214. The Hall–Kier alpha value is -2.14. The van der Waals surface area contributed by atoms with Crippen LogP contribution in [0.3, 0.4) is 0 Å². The number of aryl methyl sites for hydroxylation is 2. The van der Waals surface area contributed by atoms with Gasteiger partial charge in [0.05, 0.1) is 11.0 Å². The summed E-state index contributed by atoms with van der Waals surface area (Å²) in [5.74, 6) is 0.815. The van der Waals surface area contributed by atoms with E-state index in [1.807, 2.05) is 48.9 Å². The zero-order valence-electron chi connectivity index (χ0n) is 11.7. The largest absolute Gasteiger partial charge is 0.507 e. The van der Waals surface area contributed by atoms with Gasteiger partial charge in [-0.3, -0.25) is 0 Å². The molecule has 3 rings (SSSR count). The number of halogens is 1. The van der Waals surface area contributed by atoms with Gasteiger partial charge in [0.2, 0.25) is 5.95 Å². The summed E-state index contributed by atoms with van der Waals surface area (Å²) in [4.78, 5) is 8.88. The van der Waals surface area contributed by atoms with Crippen LogP contribution in [0, 0.1) is 6.92 Å². The summed E-state index contributed by atoms with van der Waals surface area (Å²) in [7, 11) is 1.92. The Labute approximate surface area is 130 Å². The van der Waals surface area contributed by atoms with E-state index in [9.17, 15) is 5.11 Å². The van der Waals surface area contributed by atoms with Crippen LogP contribution in [0.1, 0.15) is 11.1 Å². The Bertz CT molecular complexity index is 852. The van der Waals surface area contributed by atoms with Gasteiger partial charge in [0, 0.05) is 23.3 Å². The van der Waals surface area contributed by atoms with Gasteiger partial charge in [-0.2, -0.15) is 0 Å². The molecule has 3 aromatic rings. The number of hydrogen-bond donors (Lipinski definition) is 1. The van der Waals surface area contributed by atoms with Crippen molar-refractivity contribution in [3.8, 4) is 5.75 Å². The van der Waals surface area contributed by atoms with Crippen molar-refractivity contribution in [1.82, 2.24) is 9.55 Å². The molecule has 1 N–H and O–H groups in total. The maximum Gasteiger partial charge on any atom is 0.230 e. The molecular formula is C16H14BrN3O. The Kier molecular flexibility index (Phi) is 3.51. The fourth-order valence-electron chi connectivity index (χ4n) is 2.17. The Morgan fingerprint density at radius 3 is 2.86 bits per heavy atom. The topological polar surface area (TPSA) is 50.4 Å². The van der Waals surface area contributed by atoms with Crippen LogP contribution in [0.5, 0.6) is 5.75 Å². The molecule has 106 valence electrons.